The Balaban J connectivity index is 1.31. The minimum Gasteiger partial charge on any atom is -0.355 e. The molecule has 6 nitrogen and oxygen atoms in total. The van der Waals surface area contributed by atoms with Crippen LogP contribution in [0.3, 0.4) is 0 Å². The van der Waals surface area contributed by atoms with Crippen LogP contribution in [-0.4, -0.2) is 22.9 Å². The van der Waals surface area contributed by atoms with Crippen LogP contribution in [0.15, 0.2) is 104 Å². The Bertz CT molecular complexity index is 1490. The number of amides is 1. The molecule has 7 heteroatoms. The van der Waals surface area contributed by atoms with Gasteiger partial charge in [-0.2, -0.15) is 0 Å². The number of nitrogens with zero attached hydrogens (tertiary/aromatic N) is 3. The van der Waals surface area contributed by atoms with Crippen LogP contribution >= 0.6 is 0 Å². The molecule has 2 heterocycles. The van der Waals surface area contributed by atoms with Crippen molar-refractivity contribution >= 4 is 45.2 Å². The second kappa shape index (κ2) is 9.61. The zero-order chi connectivity index (χ0) is 24.2. The van der Waals surface area contributed by atoms with Crippen molar-refractivity contribution in [3.8, 4) is 0 Å². The third-order valence-electron chi connectivity index (χ3n) is 5.61. The molecule has 0 aliphatic rings. The van der Waals surface area contributed by atoms with E-state index in [9.17, 15) is 9.18 Å². The Morgan fingerprint density at radius 3 is 2.37 bits per heavy atom. The first-order valence-corrected chi connectivity index (χ1v) is 11.0. The lowest BCUT2D eigenvalue weighted by Gasteiger charge is -2.19. The molecule has 0 saturated heterocycles. The smallest absolute Gasteiger partial charge is 0.258 e. The van der Waals surface area contributed by atoms with Crippen molar-refractivity contribution in [3.63, 3.8) is 0 Å². The van der Waals surface area contributed by atoms with Gasteiger partial charge in [0.15, 0.2) is 0 Å². The highest BCUT2D eigenvalue weighted by Crippen LogP contribution is 2.27. The van der Waals surface area contributed by atoms with Crippen LogP contribution in [-0.2, 0) is 0 Å². The fourth-order valence-corrected chi connectivity index (χ4v) is 3.79. The third kappa shape index (κ3) is 4.94. The summed E-state index contributed by atoms with van der Waals surface area (Å²) >= 11 is 0. The average molecular weight is 464 g/mol. The quantitative estimate of drug-likeness (QED) is 0.299. The summed E-state index contributed by atoms with van der Waals surface area (Å²) in [6.45, 7) is 0. The van der Waals surface area contributed by atoms with Crippen molar-refractivity contribution in [1.82, 2.24) is 9.97 Å². The maximum atomic E-state index is 13.7. The van der Waals surface area contributed by atoms with E-state index in [1.54, 1.807) is 36.5 Å². The summed E-state index contributed by atoms with van der Waals surface area (Å²) < 4.78 is 13.7. The molecule has 0 bridgehead atoms. The second-order valence-corrected chi connectivity index (χ2v) is 8.00. The summed E-state index contributed by atoms with van der Waals surface area (Å²) in [5.41, 5.74) is 5.32. The number of carbonyl (C=O) groups is 1. The molecule has 0 aliphatic carbocycles. The SMILES string of the molecule is CN(C(=O)c1ccc(Nc2cccc3ncc(F)cc23)cc1)c1cccc(Nc2ccncc2)c1. The molecule has 35 heavy (non-hydrogen) atoms. The highest BCUT2D eigenvalue weighted by atomic mass is 19.1. The fraction of sp³-hybridized carbons (Fsp3) is 0.0357. The molecule has 2 N–H and O–H groups in total. The number of benzene rings is 3. The van der Waals surface area contributed by atoms with Gasteiger partial charge >= 0.3 is 0 Å². The molecule has 0 spiro atoms. The first kappa shape index (κ1) is 22.0. The van der Waals surface area contributed by atoms with Gasteiger partial charge in [-0.3, -0.25) is 14.8 Å². The highest BCUT2D eigenvalue weighted by Gasteiger charge is 2.14. The summed E-state index contributed by atoms with van der Waals surface area (Å²) in [5.74, 6) is -0.523. The molecule has 0 fully saturated rings. The molecule has 0 unspecified atom stereocenters. The maximum Gasteiger partial charge on any atom is 0.258 e. The summed E-state index contributed by atoms with van der Waals surface area (Å²) in [6.07, 6.45) is 4.64. The normalized spacial score (nSPS) is 10.7. The van der Waals surface area contributed by atoms with E-state index >= 15 is 0 Å². The largest absolute Gasteiger partial charge is 0.355 e. The summed E-state index contributed by atoms with van der Waals surface area (Å²) in [5, 5.41) is 7.29. The molecular formula is C28H22FN5O. The Morgan fingerprint density at radius 1 is 0.829 bits per heavy atom. The number of hydrogen-bond donors (Lipinski definition) is 2. The van der Waals surface area contributed by atoms with Crippen molar-refractivity contribution in [1.29, 1.82) is 0 Å². The standard InChI is InChI=1S/C28H22FN5O/c1-34(24-5-2-4-23(17-24)32-22-12-14-30-15-13-22)28(35)19-8-10-21(11-9-19)33-27-7-3-6-26-25(27)16-20(29)18-31-26/h2-18,33H,1H3,(H,30,32). The lowest BCUT2D eigenvalue weighted by molar-refractivity contribution is 0.0993. The fourth-order valence-electron chi connectivity index (χ4n) is 3.79. The lowest BCUT2D eigenvalue weighted by Crippen LogP contribution is -2.26. The maximum absolute atomic E-state index is 13.7. The van der Waals surface area contributed by atoms with Gasteiger partial charge in [-0.15, -0.1) is 0 Å². The zero-order valence-corrected chi connectivity index (χ0v) is 18.9. The highest BCUT2D eigenvalue weighted by molar-refractivity contribution is 6.06. The van der Waals surface area contributed by atoms with Gasteiger partial charge in [0.1, 0.15) is 5.82 Å². The molecule has 3 aromatic carbocycles. The van der Waals surface area contributed by atoms with Crippen LogP contribution < -0.4 is 15.5 Å². The van der Waals surface area contributed by atoms with Gasteiger partial charge in [-0.1, -0.05) is 12.1 Å². The minimum absolute atomic E-state index is 0.131. The van der Waals surface area contributed by atoms with Crippen LogP contribution in [0.2, 0.25) is 0 Å². The van der Waals surface area contributed by atoms with E-state index in [2.05, 4.69) is 20.6 Å². The summed E-state index contributed by atoms with van der Waals surface area (Å²) in [6, 6.07) is 25.6. The van der Waals surface area contributed by atoms with Gasteiger partial charge in [-0.25, -0.2) is 4.39 Å². The predicted molar refractivity (Wildman–Crippen MR) is 138 cm³/mol. The third-order valence-corrected chi connectivity index (χ3v) is 5.61. The molecule has 5 rings (SSSR count). The molecule has 1 amide bonds. The first-order chi connectivity index (χ1) is 17.1. The Morgan fingerprint density at radius 2 is 1.57 bits per heavy atom. The van der Waals surface area contributed by atoms with E-state index in [1.165, 1.54) is 12.3 Å². The molecule has 0 saturated carbocycles. The topological polar surface area (TPSA) is 70.2 Å². The Labute approximate surface area is 202 Å². The van der Waals surface area contributed by atoms with Crippen LogP contribution in [0.25, 0.3) is 10.9 Å². The van der Waals surface area contributed by atoms with E-state index < -0.39 is 5.82 Å². The zero-order valence-electron chi connectivity index (χ0n) is 18.9. The number of anilines is 5. The predicted octanol–water partition coefficient (Wildman–Crippen LogP) is 6.53. The molecule has 5 aromatic rings. The Hall–Kier alpha value is -4.78. The van der Waals surface area contributed by atoms with E-state index in [-0.39, 0.29) is 5.91 Å². The van der Waals surface area contributed by atoms with Gasteiger partial charge in [-0.05, 0) is 72.8 Å². The average Bonchev–Trinajstić information content (AvgIpc) is 2.89. The number of nitrogens with one attached hydrogen (secondary N) is 2. The van der Waals surface area contributed by atoms with Crippen LogP contribution in [0.4, 0.5) is 32.8 Å². The van der Waals surface area contributed by atoms with Crippen molar-refractivity contribution < 1.29 is 9.18 Å². The number of fused-ring (bicyclic) bond motifs is 1. The summed E-state index contributed by atoms with van der Waals surface area (Å²) in [7, 11) is 1.75. The molecule has 2 aromatic heterocycles. The van der Waals surface area contributed by atoms with E-state index in [1.807, 2.05) is 66.7 Å². The van der Waals surface area contributed by atoms with E-state index in [0.29, 0.717) is 16.5 Å². The van der Waals surface area contributed by atoms with Gasteiger partial charge < -0.3 is 15.5 Å². The number of rotatable bonds is 6. The van der Waals surface area contributed by atoms with Crippen molar-refractivity contribution in [2.24, 2.45) is 0 Å². The van der Waals surface area contributed by atoms with Gasteiger partial charge in [0.25, 0.3) is 5.91 Å². The van der Waals surface area contributed by atoms with Gasteiger partial charge in [0.2, 0.25) is 0 Å². The lowest BCUT2D eigenvalue weighted by atomic mass is 10.1. The molecule has 0 radical (unpaired) electrons. The number of aromatic nitrogens is 2. The number of hydrogen-bond acceptors (Lipinski definition) is 5. The summed E-state index contributed by atoms with van der Waals surface area (Å²) in [4.78, 5) is 22.9. The van der Waals surface area contributed by atoms with Crippen LogP contribution in [0.5, 0.6) is 0 Å². The van der Waals surface area contributed by atoms with Crippen molar-refractivity contribution in [3.05, 3.63) is 115 Å². The minimum atomic E-state index is -0.393. The number of carbonyl (C=O) groups excluding carboxylic acids is 1. The van der Waals surface area contributed by atoms with Gasteiger partial charge in [0.05, 0.1) is 11.7 Å². The molecule has 172 valence electrons. The number of halogens is 1. The van der Waals surface area contributed by atoms with E-state index in [4.69, 9.17) is 0 Å². The Kier molecular flexibility index (Phi) is 6.05. The van der Waals surface area contributed by atoms with Gasteiger partial charge in [0, 0.05) is 58.8 Å². The number of pyridine rings is 2. The van der Waals surface area contributed by atoms with Crippen molar-refractivity contribution in [2.75, 3.05) is 22.6 Å². The molecule has 0 atom stereocenters. The monoisotopic (exact) mass is 463 g/mol. The van der Waals surface area contributed by atoms with Crippen LogP contribution in [0.1, 0.15) is 10.4 Å². The second-order valence-electron chi connectivity index (χ2n) is 8.00. The first-order valence-electron chi connectivity index (χ1n) is 11.0. The van der Waals surface area contributed by atoms with Crippen molar-refractivity contribution in [2.45, 2.75) is 0 Å². The molecule has 0 aliphatic heterocycles. The van der Waals surface area contributed by atoms with E-state index in [0.717, 1.165) is 28.4 Å². The molecular weight excluding hydrogens is 441 g/mol. The van der Waals surface area contributed by atoms with Crippen LogP contribution in [0, 0.1) is 5.82 Å².